The number of carbonyl (C=O) groups excluding carboxylic acids is 1. The number of rotatable bonds is 10. The third kappa shape index (κ3) is 9.58. The molecule has 0 bridgehead atoms. The van der Waals surface area contributed by atoms with Crippen molar-refractivity contribution in [1.82, 2.24) is 5.32 Å². The van der Waals surface area contributed by atoms with Gasteiger partial charge in [0.2, 0.25) is 5.91 Å². The quantitative estimate of drug-likeness (QED) is 0.442. The Kier molecular flexibility index (Phi) is 9.91. The molecule has 0 saturated carbocycles. The van der Waals surface area contributed by atoms with E-state index in [1.54, 1.807) is 0 Å². The summed E-state index contributed by atoms with van der Waals surface area (Å²) in [5, 5.41) is 14.5. The minimum atomic E-state index is -0.789. The molecule has 0 radical (unpaired) electrons. The third-order valence-corrected chi connectivity index (χ3v) is 2.34. The van der Waals surface area contributed by atoms with Crippen molar-refractivity contribution in [3.05, 3.63) is 4.91 Å². The maximum absolute atomic E-state index is 11.3. The summed E-state index contributed by atoms with van der Waals surface area (Å²) in [5.41, 5.74) is 0. The molecule has 1 atom stereocenters. The van der Waals surface area contributed by atoms with Crippen LogP contribution in [0.15, 0.2) is 5.18 Å². The number of amides is 1. The maximum Gasteiger partial charge on any atom is 0.220 e. The van der Waals surface area contributed by atoms with Gasteiger partial charge in [0.15, 0.2) is 0 Å². The van der Waals surface area contributed by atoms with Gasteiger partial charge in [-0.3, -0.25) is 4.79 Å². The van der Waals surface area contributed by atoms with Gasteiger partial charge in [0.1, 0.15) is 6.54 Å². The highest BCUT2D eigenvalue weighted by Gasteiger charge is 2.07. The highest BCUT2D eigenvalue weighted by molar-refractivity contribution is 5.75. The van der Waals surface area contributed by atoms with Crippen LogP contribution in [0.3, 0.4) is 0 Å². The lowest BCUT2D eigenvalue weighted by Gasteiger charge is -2.07. The Hall–Kier alpha value is -0.970. The van der Waals surface area contributed by atoms with E-state index in [0.717, 1.165) is 12.8 Å². The summed E-state index contributed by atoms with van der Waals surface area (Å²) in [6.45, 7) is 2.70. The molecular weight excluding hydrogens is 208 g/mol. The molecule has 0 aromatic heterocycles. The normalized spacial score (nSPS) is 12.1. The van der Waals surface area contributed by atoms with Crippen LogP contribution in [-0.4, -0.2) is 30.2 Å². The summed E-state index contributed by atoms with van der Waals surface area (Å²) in [7, 11) is 0. The Bertz CT molecular complexity index is 198. The molecule has 0 aromatic carbocycles. The van der Waals surface area contributed by atoms with Gasteiger partial charge in [0.25, 0.3) is 0 Å². The van der Waals surface area contributed by atoms with Crippen molar-refractivity contribution >= 4 is 5.91 Å². The molecular formula is C11H22N2O3. The highest BCUT2D eigenvalue weighted by Crippen LogP contribution is 1.99. The van der Waals surface area contributed by atoms with Crippen molar-refractivity contribution in [3.8, 4) is 0 Å². The molecule has 94 valence electrons. The molecule has 16 heavy (non-hydrogen) atoms. The van der Waals surface area contributed by atoms with E-state index in [1.165, 1.54) is 12.8 Å². The van der Waals surface area contributed by atoms with Crippen LogP contribution in [0.5, 0.6) is 0 Å². The molecule has 0 aromatic rings. The van der Waals surface area contributed by atoms with Gasteiger partial charge in [0, 0.05) is 13.0 Å². The first-order valence-corrected chi connectivity index (χ1v) is 5.94. The first-order chi connectivity index (χ1) is 7.70. The summed E-state index contributed by atoms with van der Waals surface area (Å²) >= 11 is 0. The minimum absolute atomic E-state index is 0.0681. The lowest BCUT2D eigenvalue weighted by Crippen LogP contribution is -2.25. The number of unbranched alkanes of at least 4 members (excludes halogenated alkanes) is 3. The fourth-order valence-corrected chi connectivity index (χ4v) is 1.34. The van der Waals surface area contributed by atoms with Crippen molar-refractivity contribution in [2.24, 2.45) is 5.18 Å². The molecule has 0 aliphatic carbocycles. The molecule has 5 nitrogen and oxygen atoms in total. The van der Waals surface area contributed by atoms with E-state index >= 15 is 0 Å². The number of hydrogen-bond acceptors (Lipinski definition) is 4. The zero-order chi connectivity index (χ0) is 12.2. The second-order valence-corrected chi connectivity index (χ2v) is 3.91. The fraction of sp³-hybridized carbons (Fsp3) is 0.909. The Morgan fingerprint density at radius 2 is 2.12 bits per heavy atom. The van der Waals surface area contributed by atoms with Gasteiger partial charge in [-0.05, 0) is 12.8 Å². The molecule has 0 aliphatic rings. The summed E-state index contributed by atoms with van der Waals surface area (Å²) in [5.74, 6) is -0.0681. The minimum Gasteiger partial charge on any atom is -0.391 e. The molecule has 0 aliphatic heterocycles. The molecule has 2 N–H and O–H groups in total. The van der Waals surface area contributed by atoms with Crippen molar-refractivity contribution in [1.29, 1.82) is 0 Å². The van der Waals surface area contributed by atoms with Crippen molar-refractivity contribution in [2.45, 2.75) is 51.6 Å². The SMILES string of the molecule is CCCCCCNC(=O)CC[C@@H](O)CN=O. The van der Waals surface area contributed by atoms with Crippen molar-refractivity contribution < 1.29 is 9.90 Å². The molecule has 0 spiro atoms. The molecule has 0 unspecified atom stereocenters. The summed E-state index contributed by atoms with van der Waals surface area (Å²) in [6, 6.07) is 0. The van der Waals surface area contributed by atoms with Crippen LogP contribution < -0.4 is 5.32 Å². The summed E-state index contributed by atoms with van der Waals surface area (Å²) in [6.07, 6.45) is 4.27. The standard InChI is InChI=1S/C11H22N2O3/c1-2-3-4-5-8-12-11(15)7-6-10(14)9-13-16/h10,14H,2-9H2,1H3,(H,12,15)/t10-/m1/s1. The fourth-order valence-electron chi connectivity index (χ4n) is 1.34. The molecule has 0 heterocycles. The Balaban J connectivity index is 3.34. The first kappa shape index (κ1) is 15.0. The molecule has 1 amide bonds. The second-order valence-electron chi connectivity index (χ2n) is 3.91. The monoisotopic (exact) mass is 230 g/mol. The van der Waals surface area contributed by atoms with E-state index in [0.29, 0.717) is 13.0 Å². The Morgan fingerprint density at radius 3 is 2.75 bits per heavy atom. The lowest BCUT2D eigenvalue weighted by molar-refractivity contribution is -0.121. The Labute approximate surface area is 96.6 Å². The maximum atomic E-state index is 11.3. The van der Waals surface area contributed by atoms with Gasteiger partial charge >= 0.3 is 0 Å². The van der Waals surface area contributed by atoms with Crippen LogP contribution in [0, 0.1) is 4.91 Å². The number of carbonyl (C=O) groups is 1. The molecule has 0 rings (SSSR count). The largest absolute Gasteiger partial charge is 0.391 e. The predicted molar refractivity (Wildman–Crippen MR) is 63.1 cm³/mol. The average molecular weight is 230 g/mol. The number of nitroso groups, excluding NO2 is 1. The number of aliphatic hydroxyl groups is 1. The number of nitrogens with one attached hydrogen (secondary N) is 1. The topological polar surface area (TPSA) is 78.8 Å². The van der Waals surface area contributed by atoms with E-state index in [9.17, 15) is 9.70 Å². The van der Waals surface area contributed by atoms with Crippen LogP contribution in [0.1, 0.15) is 45.4 Å². The average Bonchev–Trinajstić information content (AvgIpc) is 2.26. The van der Waals surface area contributed by atoms with E-state index in [4.69, 9.17) is 5.11 Å². The molecule has 5 heteroatoms. The van der Waals surface area contributed by atoms with Gasteiger partial charge in [-0.1, -0.05) is 31.4 Å². The van der Waals surface area contributed by atoms with Gasteiger partial charge in [-0.15, -0.1) is 0 Å². The van der Waals surface area contributed by atoms with Gasteiger partial charge in [-0.2, -0.15) is 4.91 Å². The van der Waals surface area contributed by atoms with Crippen LogP contribution in [-0.2, 0) is 4.79 Å². The summed E-state index contributed by atoms with van der Waals surface area (Å²) < 4.78 is 0. The van der Waals surface area contributed by atoms with Crippen LogP contribution in [0.25, 0.3) is 0 Å². The van der Waals surface area contributed by atoms with Crippen molar-refractivity contribution in [2.75, 3.05) is 13.1 Å². The van der Waals surface area contributed by atoms with E-state index in [1.807, 2.05) is 0 Å². The molecule has 0 fully saturated rings. The smallest absolute Gasteiger partial charge is 0.220 e. The Morgan fingerprint density at radius 1 is 1.38 bits per heavy atom. The first-order valence-electron chi connectivity index (χ1n) is 5.94. The van der Waals surface area contributed by atoms with Gasteiger partial charge < -0.3 is 10.4 Å². The van der Waals surface area contributed by atoms with Gasteiger partial charge in [0.05, 0.1) is 6.10 Å². The number of aliphatic hydroxyl groups excluding tert-OH is 1. The van der Waals surface area contributed by atoms with Crippen LogP contribution in [0.4, 0.5) is 0 Å². The van der Waals surface area contributed by atoms with Gasteiger partial charge in [-0.25, -0.2) is 0 Å². The number of nitrogens with zero attached hydrogens (tertiary/aromatic N) is 1. The second kappa shape index (κ2) is 10.5. The lowest BCUT2D eigenvalue weighted by atomic mass is 10.2. The zero-order valence-corrected chi connectivity index (χ0v) is 9.95. The predicted octanol–water partition coefficient (Wildman–Crippen LogP) is 1.59. The van der Waals surface area contributed by atoms with Crippen LogP contribution >= 0.6 is 0 Å². The third-order valence-electron chi connectivity index (χ3n) is 2.34. The van der Waals surface area contributed by atoms with Crippen LogP contribution in [0.2, 0.25) is 0 Å². The highest BCUT2D eigenvalue weighted by atomic mass is 16.3. The number of hydrogen-bond donors (Lipinski definition) is 2. The van der Waals surface area contributed by atoms with E-state index in [2.05, 4.69) is 17.4 Å². The zero-order valence-electron chi connectivity index (χ0n) is 9.95. The van der Waals surface area contributed by atoms with E-state index < -0.39 is 6.10 Å². The van der Waals surface area contributed by atoms with E-state index in [-0.39, 0.29) is 18.9 Å². The summed E-state index contributed by atoms with van der Waals surface area (Å²) in [4.78, 5) is 21.1. The molecule has 0 saturated heterocycles. The van der Waals surface area contributed by atoms with Crippen molar-refractivity contribution in [3.63, 3.8) is 0 Å².